The molecule has 0 aliphatic rings. The van der Waals surface area contributed by atoms with Gasteiger partial charge < -0.3 is 5.32 Å². The molecule has 0 fully saturated rings. The summed E-state index contributed by atoms with van der Waals surface area (Å²) in [6.45, 7) is 8.36. The maximum atomic E-state index is 12.2. The van der Waals surface area contributed by atoms with Crippen molar-refractivity contribution >= 4 is 21.8 Å². The topological polar surface area (TPSA) is 29.1 Å². The van der Waals surface area contributed by atoms with E-state index in [0.717, 1.165) is 28.4 Å². The zero-order chi connectivity index (χ0) is 13.7. The van der Waals surface area contributed by atoms with Gasteiger partial charge in [0.2, 0.25) is 0 Å². The Morgan fingerprint density at radius 1 is 1.22 bits per heavy atom. The number of hydrogen-bond donors (Lipinski definition) is 1. The second kappa shape index (κ2) is 6.93. The first kappa shape index (κ1) is 15.2. The second-order valence-corrected chi connectivity index (χ2v) is 5.98. The van der Waals surface area contributed by atoms with E-state index in [1.54, 1.807) is 0 Å². The lowest BCUT2D eigenvalue weighted by Crippen LogP contribution is -2.37. The monoisotopic (exact) mass is 311 g/mol. The van der Waals surface area contributed by atoms with Gasteiger partial charge in [0.25, 0.3) is 5.91 Å². The van der Waals surface area contributed by atoms with Gasteiger partial charge in [-0.05, 0) is 38.3 Å². The maximum absolute atomic E-state index is 12.2. The smallest absolute Gasteiger partial charge is 0.251 e. The highest BCUT2D eigenvalue weighted by Crippen LogP contribution is 2.11. The van der Waals surface area contributed by atoms with Crippen LogP contribution in [0.25, 0.3) is 0 Å². The molecule has 0 saturated heterocycles. The molecule has 100 valence electrons. The van der Waals surface area contributed by atoms with E-state index in [-0.39, 0.29) is 11.9 Å². The summed E-state index contributed by atoms with van der Waals surface area (Å²) in [5, 5.41) is 3.88. The Balaban J connectivity index is 2.74. The Morgan fingerprint density at radius 2 is 1.78 bits per heavy atom. The summed E-state index contributed by atoms with van der Waals surface area (Å²) in [7, 11) is 0. The number of amides is 1. The van der Waals surface area contributed by atoms with E-state index in [1.807, 2.05) is 26.0 Å². The molecule has 1 aromatic rings. The Morgan fingerprint density at radius 3 is 2.22 bits per heavy atom. The molecule has 1 amide bonds. The van der Waals surface area contributed by atoms with Crippen molar-refractivity contribution in [3.63, 3.8) is 0 Å². The second-order valence-electron chi connectivity index (χ2n) is 5.33. The minimum absolute atomic E-state index is 0.0203. The highest BCUT2D eigenvalue weighted by molar-refractivity contribution is 9.09. The molecule has 0 aromatic heterocycles. The number of carbonyl (C=O) groups is 1. The molecule has 0 spiro atoms. The van der Waals surface area contributed by atoms with E-state index < -0.39 is 0 Å². The van der Waals surface area contributed by atoms with Crippen molar-refractivity contribution in [1.82, 2.24) is 5.32 Å². The van der Waals surface area contributed by atoms with Crippen LogP contribution in [0.2, 0.25) is 0 Å². The molecule has 0 bridgehead atoms. The van der Waals surface area contributed by atoms with Crippen molar-refractivity contribution in [2.45, 2.75) is 40.2 Å². The summed E-state index contributed by atoms with van der Waals surface area (Å²) in [5.74, 6) is 0.596. The molecule has 0 aliphatic carbocycles. The lowest BCUT2D eigenvalue weighted by atomic mass is 10.0. The number of carbonyl (C=O) groups excluding carboxylic acids is 1. The van der Waals surface area contributed by atoms with Crippen LogP contribution in [0.3, 0.4) is 0 Å². The highest BCUT2D eigenvalue weighted by atomic mass is 79.9. The van der Waals surface area contributed by atoms with Gasteiger partial charge in [-0.2, -0.15) is 0 Å². The minimum atomic E-state index is 0.0203. The minimum Gasteiger partial charge on any atom is -0.348 e. The van der Waals surface area contributed by atoms with Crippen LogP contribution in [0.15, 0.2) is 18.2 Å². The number of benzene rings is 1. The maximum Gasteiger partial charge on any atom is 0.251 e. The Bertz CT molecular complexity index is 395. The van der Waals surface area contributed by atoms with Crippen LogP contribution >= 0.6 is 15.9 Å². The fraction of sp³-hybridized carbons (Fsp3) is 0.533. The Kier molecular flexibility index (Phi) is 5.86. The van der Waals surface area contributed by atoms with Crippen molar-refractivity contribution in [2.24, 2.45) is 5.92 Å². The fourth-order valence-corrected chi connectivity index (χ4v) is 2.53. The molecule has 0 aliphatic heterocycles. The summed E-state index contributed by atoms with van der Waals surface area (Å²) in [4.78, 5) is 12.2. The zero-order valence-corrected chi connectivity index (χ0v) is 13.2. The summed E-state index contributed by atoms with van der Waals surface area (Å²) < 4.78 is 0. The molecule has 1 atom stereocenters. The number of hydrogen-bond acceptors (Lipinski definition) is 1. The number of halogens is 1. The summed E-state index contributed by atoms with van der Waals surface area (Å²) >= 11 is 3.46. The van der Waals surface area contributed by atoms with Gasteiger partial charge in [-0.15, -0.1) is 0 Å². The van der Waals surface area contributed by atoms with Crippen LogP contribution in [0, 0.1) is 19.8 Å². The molecular formula is C15H22BrNO. The quantitative estimate of drug-likeness (QED) is 0.822. The van der Waals surface area contributed by atoms with Crippen LogP contribution < -0.4 is 5.32 Å². The van der Waals surface area contributed by atoms with E-state index in [4.69, 9.17) is 0 Å². The molecule has 1 rings (SSSR count). The predicted octanol–water partition coefficient (Wildman–Crippen LogP) is 3.84. The molecule has 0 saturated carbocycles. The standard InChI is InChI=1S/C15H22BrNO/c1-10(2)5-14(9-16)17-15(18)13-7-11(3)6-12(4)8-13/h6-8,10,14H,5,9H2,1-4H3,(H,17,18). The van der Waals surface area contributed by atoms with Crippen LogP contribution in [0.5, 0.6) is 0 Å². The largest absolute Gasteiger partial charge is 0.348 e. The van der Waals surface area contributed by atoms with Gasteiger partial charge in [0, 0.05) is 16.9 Å². The SMILES string of the molecule is Cc1cc(C)cc(C(=O)NC(CBr)CC(C)C)c1. The van der Waals surface area contributed by atoms with Crippen LogP contribution in [0.1, 0.15) is 41.8 Å². The number of nitrogens with one attached hydrogen (secondary N) is 1. The third-order valence-electron chi connectivity index (χ3n) is 2.76. The third-order valence-corrected chi connectivity index (χ3v) is 3.54. The van der Waals surface area contributed by atoms with E-state index in [9.17, 15) is 4.79 Å². The van der Waals surface area contributed by atoms with E-state index >= 15 is 0 Å². The molecule has 18 heavy (non-hydrogen) atoms. The Hall–Kier alpha value is -0.830. The van der Waals surface area contributed by atoms with Crippen molar-refractivity contribution in [1.29, 1.82) is 0 Å². The summed E-state index contributed by atoms with van der Waals surface area (Å²) in [6, 6.07) is 6.14. The van der Waals surface area contributed by atoms with Gasteiger partial charge in [0.1, 0.15) is 0 Å². The van der Waals surface area contributed by atoms with Gasteiger partial charge in [0.15, 0.2) is 0 Å². The van der Waals surface area contributed by atoms with Crippen molar-refractivity contribution < 1.29 is 4.79 Å². The van der Waals surface area contributed by atoms with Gasteiger partial charge in [-0.1, -0.05) is 47.0 Å². The van der Waals surface area contributed by atoms with E-state index in [2.05, 4.69) is 41.2 Å². The van der Waals surface area contributed by atoms with Crippen LogP contribution in [-0.4, -0.2) is 17.3 Å². The average Bonchev–Trinajstić information content (AvgIpc) is 2.26. The number of rotatable bonds is 5. The molecule has 1 unspecified atom stereocenters. The number of alkyl halides is 1. The van der Waals surface area contributed by atoms with Crippen LogP contribution in [-0.2, 0) is 0 Å². The van der Waals surface area contributed by atoms with Gasteiger partial charge in [-0.25, -0.2) is 0 Å². The highest BCUT2D eigenvalue weighted by Gasteiger charge is 2.14. The first-order valence-electron chi connectivity index (χ1n) is 6.37. The molecular weight excluding hydrogens is 290 g/mol. The zero-order valence-electron chi connectivity index (χ0n) is 11.6. The molecule has 0 radical (unpaired) electrons. The predicted molar refractivity (Wildman–Crippen MR) is 80.4 cm³/mol. The molecule has 1 N–H and O–H groups in total. The molecule has 0 heterocycles. The van der Waals surface area contributed by atoms with Gasteiger partial charge in [0.05, 0.1) is 0 Å². The molecule has 2 nitrogen and oxygen atoms in total. The molecule has 3 heteroatoms. The third kappa shape index (κ3) is 4.81. The van der Waals surface area contributed by atoms with Gasteiger partial charge in [-0.3, -0.25) is 4.79 Å². The summed E-state index contributed by atoms with van der Waals surface area (Å²) in [6.07, 6.45) is 0.988. The first-order valence-corrected chi connectivity index (χ1v) is 7.49. The summed E-state index contributed by atoms with van der Waals surface area (Å²) in [5.41, 5.74) is 3.00. The van der Waals surface area contributed by atoms with E-state index in [0.29, 0.717) is 5.92 Å². The van der Waals surface area contributed by atoms with Crippen LogP contribution in [0.4, 0.5) is 0 Å². The van der Waals surface area contributed by atoms with Gasteiger partial charge >= 0.3 is 0 Å². The molecule has 1 aromatic carbocycles. The fourth-order valence-electron chi connectivity index (χ4n) is 2.10. The Labute approximate surface area is 118 Å². The lowest BCUT2D eigenvalue weighted by molar-refractivity contribution is 0.0937. The normalized spacial score (nSPS) is 12.6. The lowest BCUT2D eigenvalue weighted by Gasteiger charge is -2.18. The number of aryl methyl sites for hydroxylation is 2. The van der Waals surface area contributed by atoms with Crippen molar-refractivity contribution in [3.8, 4) is 0 Å². The first-order chi connectivity index (χ1) is 8.42. The van der Waals surface area contributed by atoms with E-state index in [1.165, 1.54) is 0 Å². The van der Waals surface area contributed by atoms with Crippen molar-refractivity contribution in [2.75, 3.05) is 5.33 Å². The van der Waals surface area contributed by atoms with Crippen molar-refractivity contribution in [3.05, 3.63) is 34.9 Å². The average molecular weight is 312 g/mol.